The lowest BCUT2D eigenvalue weighted by Gasteiger charge is -2.08. The van der Waals surface area contributed by atoms with Crippen LogP contribution in [0.1, 0.15) is 12.0 Å². The van der Waals surface area contributed by atoms with E-state index in [0.717, 1.165) is 35.4 Å². The molecule has 0 aliphatic rings. The Balaban J connectivity index is 2.04. The molecule has 0 saturated carbocycles. The van der Waals surface area contributed by atoms with Gasteiger partial charge in [0.05, 0.1) is 4.47 Å². The second-order valence-electron chi connectivity index (χ2n) is 4.07. The van der Waals surface area contributed by atoms with Crippen molar-refractivity contribution in [1.82, 2.24) is 0 Å². The van der Waals surface area contributed by atoms with Crippen molar-refractivity contribution in [3.63, 3.8) is 0 Å². The van der Waals surface area contributed by atoms with Crippen LogP contribution < -0.4 is 10.5 Å². The molecule has 0 bridgehead atoms. The third-order valence-electron chi connectivity index (χ3n) is 2.66. The van der Waals surface area contributed by atoms with Crippen LogP contribution >= 0.6 is 15.9 Å². The van der Waals surface area contributed by atoms with Crippen LogP contribution in [0.4, 0.5) is 0 Å². The van der Waals surface area contributed by atoms with Gasteiger partial charge in [-0.1, -0.05) is 24.3 Å². The zero-order valence-corrected chi connectivity index (χ0v) is 11.7. The van der Waals surface area contributed by atoms with Gasteiger partial charge in [-0.2, -0.15) is 0 Å². The summed E-state index contributed by atoms with van der Waals surface area (Å²) in [6, 6.07) is 16.0. The van der Waals surface area contributed by atoms with Crippen LogP contribution in [0.25, 0.3) is 0 Å². The summed E-state index contributed by atoms with van der Waals surface area (Å²) in [5, 5.41) is 0. The monoisotopic (exact) mass is 305 g/mol. The Bertz CT molecular complexity index is 496. The minimum absolute atomic E-state index is 0.731. The molecule has 2 N–H and O–H groups in total. The Morgan fingerprint density at radius 2 is 1.72 bits per heavy atom. The standard InChI is InChI=1S/C15H16BrNO/c16-14-5-1-2-6-15(14)18-13-9-7-12(8-10-13)4-3-11-17/h1-2,5-10H,3-4,11,17H2. The Morgan fingerprint density at radius 1 is 1.00 bits per heavy atom. The van der Waals surface area contributed by atoms with Gasteiger partial charge in [0.2, 0.25) is 0 Å². The van der Waals surface area contributed by atoms with Crippen molar-refractivity contribution in [2.24, 2.45) is 5.73 Å². The van der Waals surface area contributed by atoms with Crippen LogP contribution in [0.5, 0.6) is 11.5 Å². The maximum atomic E-state index is 5.80. The van der Waals surface area contributed by atoms with Crippen LogP contribution in [0.3, 0.4) is 0 Å². The fourth-order valence-corrected chi connectivity index (χ4v) is 2.05. The van der Waals surface area contributed by atoms with Crippen LogP contribution in [-0.4, -0.2) is 6.54 Å². The Kier molecular flexibility index (Phi) is 4.79. The van der Waals surface area contributed by atoms with Gasteiger partial charge < -0.3 is 10.5 Å². The van der Waals surface area contributed by atoms with Crippen molar-refractivity contribution in [2.45, 2.75) is 12.8 Å². The zero-order chi connectivity index (χ0) is 12.8. The molecule has 2 nitrogen and oxygen atoms in total. The molecular weight excluding hydrogens is 290 g/mol. The molecule has 2 rings (SSSR count). The molecule has 0 amide bonds. The number of para-hydroxylation sites is 1. The molecule has 3 heteroatoms. The fourth-order valence-electron chi connectivity index (χ4n) is 1.68. The molecule has 0 radical (unpaired) electrons. The summed E-state index contributed by atoms with van der Waals surface area (Å²) in [5.41, 5.74) is 6.79. The van der Waals surface area contributed by atoms with Gasteiger partial charge in [0.1, 0.15) is 11.5 Å². The number of rotatable bonds is 5. The lowest BCUT2D eigenvalue weighted by Crippen LogP contribution is -2.00. The first-order chi connectivity index (χ1) is 8.79. The van der Waals surface area contributed by atoms with Gasteiger partial charge >= 0.3 is 0 Å². The van der Waals surface area contributed by atoms with Crippen molar-refractivity contribution in [3.05, 3.63) is 58.6 Å². The summed E-state index contributed by atoms with van der Waals surface area (Å²) in [5.74, 6) is 1.67. The van der Waals surface area contributed by atoms with E-state index in [-0.39, 0.29) is 0 Å². The molecule has 0 saturated heterocycles. The van der Waals surface area contributed by atoms with E-state index in [2.05, 4.69) is 28.1 Å². The number of halogens is 1. The van der Waals surface area contributed by atoms with Gasteiger partial charge in [0.25, 0.3) is 0 Å². The van der Waals surface area contributed by atoms with E-state index in [1.807, 2.05) is 36.4 Å². The SMILES string of the molecule is NCCCc1ccc(Oc2ccccc2Br)cc1. The Labute approximate surface area is 116 Å². The highest BCUT2D eigenvalue weighted by Crippen LogP contribution is 2.29. The summed E-state index contributed by atoms with van der Waals surface area (Å²) in [6.07, 6.45) is 2.04. The first-order valence-electron chi connectivity index (χ1n) is 6.01. The molecular formula is C15H16BrNO. The number of aryl methyl sites for hydroxylation is 1. The van der Waals surface area contributed by atoms with Gasteiger partial charge in [-0.25, -0.2) is 0 Å². The van der Waals surface area contributed by atoms with Crippen LogP contribution in [0.15, 0.2) is 53.0 Å². The molecule has 0 aromatic heterocycles. The first-order valence-corrected chi connectivity index (χ1v) is 6.80. The predicted molar refractivity (Wildman–Crippen MR) is 78.0 cm³/mol. The van der Waals surface area contributed by atoms with Crippen LogP contribution in [0, 0.1) is 0 Å². The number of benzene rings is 2. The molecule has 94 valence electrons. The van der Waals surface area contributed by atoms with Crippen LogP contribution in [0.2, 0.25) is 0 Å². The largest absolute Gasteiger partial charge is 0.456 e. The third-order valence-corrected chi connectivity index (χ3v) is 3.31. The number of hydrogen-bond donors (Lipinski definition) is 1. The Morgan fingerprint density at radius 3 is 2.39 bits per heavy atom. The van der Waals surface area contributed by atoms with Crippen molar-refractivity contribution in [3.8, 4) is 11.5 Å². The van der Waals surface area contributed by atoms with Crippen molar-refractivity contribution >= 4 is 15.9 Å². The van der Waals surface area contributed by atoms with Crippen LogP contribution in [-0.2, 0) is 6.42 Å². The molecule has 0 heterocycles. The minimum atomic E-state index is 0.731. The molecule has 0 atom stereocenters. The van der Waals surface area contributed by atoms with Gasteiger partial charge in [-0.05, 0) is 65.1 Å². The third kappa shape index (κ3) is 3.59. The number of hydrogen-bond acceptors (Lipinski definition) is 2. The fraction of sp³-hybridized carbons (Fsp3) is 0.200. The molecule has 0 aliphatic carbocycles. The van der Waals surface area contributed by atoms with E-state index in [1.54, 1.807) is 0 Å². The van der Waals surface area contributed by atoms with Gasteiger partial charge in [-0.3, -0.25) is 0 Å². The zero-order valence-electron chi connectivity index (χ0n) is 10.1. The Hall–Kier alpha value is -1.32. The molecule has 0 fully saturated rings. The molecule has 2 aromatic rings. The summed E-state index contributed by atoms with van der Waals surface area (Å²) in [4.78, 5) is 0. The molecule has 18 heavy (non-hydrogen) atoms. The molecule has 2 aromatic carbocycles. The molecule has 0 aliphatic heterocycles. The summed E-state index contributed by atoms with van der Waals surface area (Å²) < 4.78 is 6.75. The summed E-state index contributed by atoms with van der Waals surface area (Å²) in [6.45, 7) is 0.731. The van der Waals surface area contributed by atoms with Gasteiger partial charge in [0.15, 0.2) is 0 Å². The maximum Gasteiger partial charge on any atom is 0.141 e. The summed E-state index contributed by atoms with van der Waals surface area (Å²) in [7, 11) is 0. The highest BCUT2D eigenvalue weighted by Gasteiger charge is 2.01. The maximum absolute atomic E-state index is 5.80. The molecule has 0 unspecified atom stereocenters. The van der Waals surface area contributed by atoms with Gasteiger partial charge in [-0.15, -0.1) is 0 Å². The second-order valence-corrected chi connectivity index (χ2v) is 4.92. The van der Waals surface area contributed by atoms with E-state index in [0.29, 0.717) is 0 Å². The highest BCUT2D eigenvalue weighted by atomic mass is 79.9. The lowest BCUT2D eigenvalue weighted by atomic mass is 10.1. The van der Waals surface area contributed by atoms with E-state index in [1.165, 1.54) is 5.56 Å². The quantitative estimate of drug-likeness (QED) is 0.901. The van der Waals surface area contributed by atoms with Crippen molar-refractivity contribution < 1.29 is 4.74 Å². The van der Waals surface area contributed by atoms with Crippen molar-refractivity contribution in [1.29, 1.82) is 0 Å². The predicted octanol–water partition coefficient (Wildman–Crippen LogP) is 4.13. The number of ether oxygens (including phenoxy) is 1. The van der Waals surface area contributed by atoms with Crippen molar-refractivity contribution in [2.75, 3.05) is 6.54 Å². The normalized spacial score (nSPS) is 10.3. The average molecular weight is 306 g/mol. The molecule has 0 spiro atoms. The van der Waals surface area contributed by atoms with E-state index < -0.39 is 0 Å². The number of nitrogens with two attached hydrogens (primary N) is 1. The average Bonchev–Trinajstić information content (AvgIpc) is 2.41. The van der Waals surface area contributed by atoms with Gasteiger partial charge in [0, 0.05) is 0 Å². The summed E-state index contributed by atoms with van der Waals surface area (Å²) >= 11 is 3.46. The second kappa shape index (κ2) is 6.57. The van der Waals surface area contributed by atoms with E-state index in [4.69, 9.17) is 10.5 Å². The minimum Gasteiger partial charge on any atom is -0.456 e. The van der Waals surface area contributed by atoms with E-state index in [9.17, 15) is 0 Å². The highest BCUT2D eigenvalue weighted by molar-refractivity contribution is 9.10. The first kappa shape index (κ1) is 13.1. The van der Waals surface area contributed by atoms with E-state index >= 15 is 0 Å². The topological polar surface area (TPSA) is 35.2 Å². The lowest BCUT2D eigenvalue weighted by molar-refractivity contribution is 0.479. The smallest absolute Gasteiger partial charge is 0.141 e.